The number of amides is 1. The molecule has 34 heavy (non-hydrogen) atoms. The summed E-state index contributed by atoms with van der Waals surface area (Å²) in [4.78, 5) is 32.0. The largest absolute Gasteiger partial charge is 0.507 e. The third-order valence-electron chi connectivity index (χ3n) is 5.94. The van der Waals surface area contributed by atoms with E-state index in [2.05, 4.69) is 4.98 Å². The van der Waals surface area contributed by atoms with Crippen LogP contribution in [0.5, 0.6) is 5.75 Å². The third-order valence-corrected chi connectivity index (χ3v) is 5.94. The highest BCUT2D eigenvalue weighted by Crippen LogP contribution is 2.41. The highest BCUT2D eigenvalue weighted by atomic mass is 16.5. The molecule has 0 radical (unpaired) electrons. The Morgan fingerprint density at radius 1 is 1.03 bits per heavy atom. The van der Waals surface area contributed by atoms with Gasteiger partial charge in [-0.3, -0.25) is 14.6 Å². The molecular formula is C28H28N2O4. The fourth-order valence-electron chi connectivity index (χ4n) is 4.28. The molecule has 0 bridgehead atoms. The lowest BCUT2D eigenvalue weighted by atomic mass is 9.92. The fraction of sp³-hybridized carbons (Fsp3) is 0.250. The minimum absolute atomic E-state index is 0.0118. The molecule has 1 amide bonds. The lowest BCUT2D eigenvalue weighted by Gasteiger charge is -2.26. The van der Waals surface area contributed by atoms with Gasteiger partial charge in [0, 0.05) is 24.5 Å². The standard InChI is InChI=1S/C28H28N2O4/c1-17(2)34-23-10-9-21(15-19(23)4)26(31)24-25(22-8-6-5-7-18(22)3)30(28(33)27(24)32)16-20-11-13-29-14-12-20/h5-15,17,25,31H,16H2,1-4H3/b26-24+. The van der Waals surface area contributed by atoms with Crippen LogP contribution in [0.1, 0.15) is 47.7 Å². The van der Waals surface area contributed by atoms with Crippen LogP contribution in [0.25, 0.3) is 5.76 Å². The number of aryl methyl sites for hydroxylation is 2. The molecule has 1 fully saturated rings. The van der Waals surface area contributed by atoms with Crippen LogP contribution in [0.3, 0.4) is 0 Å². The van der Waals surface area contributed by atoms with Crippen molar-refractivity contribution in [3.05, 3.63) is 100 Å². The van der Waals surface area contributed by atoms with E-state index in [0.717, 1.165) is 22.3 Å². The van der Waals surface area contributed by atoms with Crippen LogP contribution in [-0.4, -0.2) is 32.8 Å². The van der Waals surface area contributed by atoms with Gasteiger partial charge in [0.15, 0.2) is 0 Å². The number of carbonyl (C=O) groups is 2. The van der Waals surface area contributed by atoms with Crippen molar-refractivity contribution in [1.82, 2.24) is 9.88 Å². The number of benzene rings is 2. The Bertz CT molecular complexity index is 1260. The van der Waals surface area contributed by atoms with Crippen molar-refractivity contribution in [3.8, 4) is 5.75 Å². The molecule has 1 aliphatic heterocycles. The van der Waals surface area contributed by atoms with Crippen molar-refractivity contribution in [2.75, 3.05) is 0 Å². The molecule has 4 rings (SSSR count). The van der Waals surface area contributed by atoms with E-state index >= 15 is 0 Å². The Morgan fingerprint density at radius 3 is 2.38 bits per heavy atom. The number of hydrogen-bond donors (Lipinski definition) is 1. The summed E-state index contributed by atoms with van der Waals surface area (Å²) in [6.07, 6.45) is 3.31. The van der Waals surface area contributed by atoms with Crippen LogP contribution in [0, 0.1) is 13.8 Å². The molecule has 1 saturated heterocycles. The second-order valence-corrected chi connectivity index (χ2v) is 8.79. The first kappa shape index (κ1) is 23.2. The molecule has 2 aromatic carbocycles. The number of ketones is 1. The molecule has 6 heteroatoms. The van der Waals surface area contributed by atoms with Gasteiger partial charge in [0.05, 0.1) is 17.7 Å². The maximum absolute atomic E-state index is 13.3. The van der Waals surface area contributed by atoms with E-state index in [1.165, 1.54) is 4.90 Å². The third kappa shape index (κ3) is 4.44. The summed E-state index contributed by atoms with van der Waals surface area (Å²) in [5.74, 6) is -0.814. The quantitative estimate of drug-likeness (QED) is 0.317. The summed E-state index contributed by atoms with van der Waals surface area (Å²) in [5, 5.41) is 11.3. The second-order valence-electron chi connectivity index (χ2n) is 8.79. The average molecular weight is 457 g/mol. The maximum Gasteiger partial charge on any atom is 0.295 e. The van der Waals surface area contributed by atoms with E-state index in [1.54, 1.807) is 30.6 Å². The van der Waals surface area contributed by atoms with Gasteiger partial charge in [-0.2, -0.15) is 0 Å². The summed E-state index contributed by atoms with van der Waals surface area (Å²) < 4.78 is 5.80. The Morgan fingerprint density at radius 2 is 1.74 bits per heavy atom. The van der Waals surface area contributed by atoms with E-state index in [-0.39, 0.29) is 24.0 Å². The van der Waals surface area contributed by atoms with Gasteiger partial charge in [0.1, 0.15) is 11.5 Å². The van der Waals surface area contributed by atoms with Gasteiger partial charge in [-0.15, -0.1) is 0 Å². The molecule has 1 aromatic heterocycles. The van der Waals surface area contributed by atoms with E-state index in [0.29, 0.717) is 11.3 Å². The van der Waals surface area contributed by atoms with Crippen molar-refractivity contribution in [3.63, 3.8) is 0 Å². The van der Waals surface area contributed by atoms with Gasteiger partial charge in [-0.05, 0) is 80.3 Å². The fourth-order valence-corrected chi connectivity index (χ4v) is 4.28. The van der Waals surface area contributed by atoms with Gasteiger partial charge in [-0.1, -0.05) is 24.3 Å². The lowest BCUT2D eigenvalue weighted by Crippen LogP contribution is -2.29. The molecule has 2 heterocycles. The molecule has 174 valence electrons. The van der Waals surface area contributed by atoms with Crippen LogP contribution in [0.2, 0.25) is 0 Å². The number of aliphatic hydroxyl groups excluding tert-OH is 1. The topological polar surface area (TPSA) is 79.7 Å². The highest BCUT2D eigenvalue weighted by molar-refractivity contribution is 6.46. The van der Waals surface area contributed by atoms with Crippen molar-refractivity contribution < 1.29 is 19.4 Å². The second kappa shape index (κ2) is 9.51. The SMILES string of the molecule is Cc1cc(/C(O)=C2\C(=O)C(=O)N(Cc3ccncc3)C2c2ccccc2C)ccc1OC(C)C. The summed E-state index contributed by atoms with van der Waals surface area (Å²) in [7, 11) is 0. The number of aliphatic hydroxyl groups is 1. The Balaban J connectivity index is 1.85. The Kier molecular flexibility index (Phi) is 6.50. The molecule has 1 atom stereocenters. The summed E-state index contributed by atoms with van der Waals surface area (Å²) >= 11 is 0. The zero-order valence-corrected chi connectivity index (χ0v) is 19.8. The molecule has 3 aromatic rings. The first-order chi connectivity index (χ1) is 16.3. The smallest absolute Gasteiger partial charge is 0.295 e. The zero-order valence-electron chi connectivity index (χ0n) is 19.8. The van der Waals surface area contributed by atoms with Gasteiger partial charge < -0.3 is 14.7 Å². The van der Waals surface area contributed by atoms with Crippen LogP contribution < -0.4 is 4.74 Å². The van der Waals surface area contributed by atoms with Crippen LogP contribution in [-0.2, 0) is 16.1 Å². The van der Waals surface area contributed by atoms with Gasteiger partial charge in [0.2, 0.25) is 0 Å². The predicted molar refractivity (Wildman–Crippen MR) is 130 cm³/mol. The Hall–Kier alpha value is -3.93. The number of nitrogens with zero attached hydrogens (tertiary/aromatic N) is 2. The number of pyridine rings is 1. The Labute approximate surface area is 199 Å². The number of likely N-dealkylation sites (tertiary alicyclic amines) is 1. The maximum atomic E-state index is 13.3. The summed E-state index contributed by atoms with van der Waals surface area (Å²) in [6, 6.07) is 15.8. The predicted octanol–water partition coefficient (Wildman–Crippen LogP) is 5.11. The normalized spacial score (nSPS) is 17.4. The van der Waals surface area contributed by atoms with Crippen LogP contribution in [0.15, 0.2) is 72.6 Å². The lowest BCUT2D eigenvalue weighted by molar-refractivity contribution is -0.140. The first-order valence-corrected chi connectivity index (χ1v) is 11.3. The number of rotatable bonds is 6. The molecule has 0 spiro atoms. The van der Waals surface area contributed by atoms with Crippen molar-refractivity contribution in [2.24, 2.45) is 0 Å². The van der Waals surface area contributed by atoms with Crippen molar-refractivity contribution >= 4 is 17.4 Å². The van der Waals surface area contributed by atoms with E-state index < -0.39 is 17.7 Å². The average Bonchev–Trinajstić information content (AvgIpc) is 3.05. The van der Waals surface area contributed by atoms with Gasteiger partial charge in [-0.25, -0.2) is 0 Å². The number of carbonyl (C=O) groups excluding carboxylic acids is 2. The van der Waals surface area contributed by atoms with Gasteiger partial charge in [0.25, 0.3) is 11.7 Å². The number of Topliss-reactive ketones (excluding diaryl/α,β-unsaturated/α-hetero) is 1. The molecular weight excluding hydrogens is 428 g/mol. The summed E-state index contributed by atoms with van der Waals surface area (Å²) in [6.45, 7) is 7.93. The van der Waals surface area contributed by atoms with Gasteiger partial charge >= 0.3 is 0 Å². The minimum Gasteiger partial charge on any atom is -0.507 e. The molecule has 1 aliphatic rings. The van der Waals surface area contributed by atoms with Crippen molar-refractivity contribution in [2.45, 2.75) is 46.4 Å². The molecule has 0 saturated carbocycles. The zero-order chi connectivity index (χ0) is 24.4. The molecule has 6 nitrogen and oxygen atoms in total. The minimum atomic E-state index is -0.707. The molecule has 1 unspecified atom stereocenters. The van der Waals surface area contributed by atoms with E-state index in [1.807, 2.05) is 64.1 Å². The monoisotopic (exact) mass is 456 g/mol. The first-order valence-electron chi connectivity index (χ1n) is 11.3. The van der Waals surface area contributed by atoms with Crippen molar-refractivity contribution in [1.29, 1.82) is 0 Å². The molecule has 0 aliphatic carbocycles. The summed E-state index contributed by atoms with van der Waals surface area (Å²) in [5.41, 5.74) is 3.96. The number of hydrogen-bond acceptors (Lipinski definition) is 5. The molecule has 1 N–H and O–H groups in total. The number of aromatic nitrogens is 1. The van der Waals surface area contributed by atoms with Crippen LogP contribution in [0.4, 0.5) is 0 Å². The van der Waals surface area contributed by atoms with E-state index in [9.17, 15) is 14.7 Å². The number of ether oxygens (including phenoxy) is 1. The highest BCUT2D eigenvalue weighted by Gasteiger charge is 2.46. The van der Waals surface area contributed by atoms with Crippen LogP contribution >= 0.6 is 0 Å². The van der Waals surface area contributed by atoms with E-state index in [4.69, 9.17) is 4.74 Å².